The van der Waals surface area contributed by atoms with Crippen LogP contribution < -0.4 is 0 Å². The fourth-order valence-electron chi connectivity index (χ4n) is 4.06. The van der Waals surface area contributed by atoms with Crippen LogP contribution in [0, 0.1) is 0 Å². The summed E-state index contributed by atoms with van der Waals surface area (Å²) in [6.07, 6.45) is 0.770. The van der Waals surface area contributed by atoms with E-state index in [1.807, 2.05) is 18.2 Å². The van der Waals surface area contributed by atoms with Gasteiger partial charge in [0.1, 0.15) is 5.75 Å². The van der Waals surface area contributed by atoms with Crippen molar-refractivity contribution in [2.24, 2.45) is 0 Å². The van der Waals surface area contributed by atoms with Gasteiger partial charge in [0, 0.05) is 44.3 Å². The minimum Gasteiger partial charge on any atom is -0.508 e. The molecule has 2 aliphatic rings. The monoisotopic (exact) mass is 360 g/mol. The molecule has 2 fully saturated rings. The summed E-state index contributed by atoms with van der Waals surface area (Å²) >= 11 is 0. The van der Waals surface area contributed by atoms with Crippen molar-refractivity contribution >= 4 is 20.6 Å². The second-order valence-electron chi connectivity index (χ2n) is 7.15. The molecule has 0 bridgehead atoms. The van der Waals surface area contributed by atoms with E-state index >= 15 is 0 Å². The fraction of sp³-hybridized carbons (Fsp3) is 0.474. The maximum atomic E-state index is 11.7. The van der Waals surface area contributed by atoms with E-state index in [2.05, 4.69) is 21.9 Å². The molecule has 2 saturated heterocycles. The van der Waals surface area contributed by atoms with Crippen LogP contribution in [-0.4, -0.2) is 67.1 Å². The number of hydrogen-bond donors (Lipinski definition) is 1. The molecule has 0 radical (unpaired) electrons. The number of fused-ring (bicyclic) bond motifs is 1. The average Bonchev–Trinajstić information content (AvgIpc) is 2.98. The molecule has 134 valence electrons. The zero-order valence-electron chi connectivity index (χ0n) is 14.3. The molecule has 2 aromatic carbocycles. The van der Waals surface area contributed by atoms with Gasteiger partial charge in [0.15, 0.2) is 9.84 Å². The van der Waals surface area contributed by atoms with Crippen LogP contribution in [0.3, 0.4) is 0 Å². The first kappa shape index (κ1) is 16.8. The lowest BCUT2D eigenvalue weighted by molar-refractivity contribution is 0.0998. The summed E-state index contributed by atoms with van der Waals surface area (Å²) in [5.41, 5.74) is 0.981. The van der Waals surface area contributed by atoms with Gasteiger partial charge in [-0.2, -0.15) is 0 Å². The van der Waals surface area contributed by atoms with E-state index in [9.17, 15) is 13.5 Å². The van der Waals surface area contributed by atoms with E-state index in [0.717, 1.165) is 55.5 Å². The normalized spacial score (nSPS) is 24.7. The number of phenols is 1. The van der Waals surface area contributed by atoms with E-state index < -0.39 is 9.84 Å². The Hall–Kier alpha value is -1.63. The lowest BCUT2D eigenvalue weighted by atomic mass is 10.0. The van der Waals surface area contributed by atoms with E-state index in [1.165, 1.54) is 0 Å². The van der Waals surface area contributed by atoms with Gasteiger partial charge in [-0.15, -0.1) is 0 Å². The largest absolute Gasteiger partial charge is 0.508 e. The van der Waals surface area contributed by atoms with Crippen molar-refractivity contribution in [3.8, 4) is 5.75 Å². The second-order valence-corrected chi connectivity index (χ2v) is 9.38. The average molecular weight is 360 g/mol. The molecule has 1 atom stereocenters. The number of nitrogens with zero attached hydrogens (tertiary/aromatic N) is 2. The minimum atomic E-state index is -2.83. The fourth-order valence-corrected chi connectivity index (χ4v) is 5.83. The topological polar surface area (TPSA) is 60.9 Å². The molecule has 5 nitrogen and oxygen atoms in total. The van der Waals surface area contributed by atoms with Crippen molar-refractivity contribution in [1.29, 1.82) is 0 Å². The molecule has 0 aliphatic carbocycles. The maximum Gasteiger partial charge on any atom is 0.151 e. The molecule has 4 rings (SSSR count). The van der Waals surface area contributed by atoms with Crippen LogP contribution in [0.5, 0.6) is 5.75 Å². The van der Waals surface area contributed by atoms with Gasteiger partial charge in [-0.3, -0.25) is 9.80 Å². The molecule has 0 saturated carbocycles. The molecule has 0 amide bonds. The first-order chi connectivity index (χ1) is 12.0. The number of benzene rings is 2. The number of aromatic hydroxyl groups is 1. The Morgan fingerprint density at radius 2 is 1.80 bits per heavy atom. The molecular formula is C19H24N2O3S. The molecule has 6 heteroatoms. The molecular weight excluding hydrogens is 336 g/mol. The smallest absolute Gasteiger partial charge is 0.151 e. The van der Waals surface area contributed by atoms with Crippen molar-refractivity contribution in [2.75, 3.05) is 37.7 Å². The SMILES string of the molecule is O=S1(=O)CCC(N2CCN(Cc3c(O)ccc4ccccc34)CC2)C1. The van der Waals surface area contributed by atoms with Crippen molar-refractivity contribution in [2.45, 2.75) is 19.0 Å². The van der Waals surface area contributed by atoms with Crippen molar-refractivity contribution in [3.63, 3.8) is 0 Å². The summed E-state index contributed by atoms with van der Waals surface area (Å²) in [4.78, 5) is 4.67. The molecule has 25 heavy (non-hydrogen) atoms. The van der Waals surface area contributed by atoms with E-state index in [-0.39, 0.29) is 6.04 Å². The summed E-state index contributed by atoms with van der Waals surface area (Å²) in [6, 6.07) is 12.1. The lowest BCUT2D eigenvalue weighted by Crippen LogP contribution is -2.50. The minimum absolute atomic E-state index is 0.193. The Kier molecular flexibility index (Phi) is 4.43. The van der Waals surface area contributed by atoms with Crippen LogP contribution >= 0.6 is 0 Å². The van der Waals surface area contributed by atoms with Gasteiger partial charge in [0.25, 0.3) is 0 Å². The van der Waals surface area contributed by atoms with Crippen LogP contribution in [0.2, 0.25) is 0 Å². The van der Waals surface area contributed by atoms with Crippen molar-refractivity contribution in [1.82, 2.24) is 9.80 Å². The summed E-state index contributed by atoms with van der Waals surface area (Å²) < 4.78 is 23.4. The summed E-state index contributed by atoms with van der Waals surface area (Å²) in [6.45, 7) is 4.32. The molecule has 0 spiro atoms. The third-order valence-corrected chi connectivity index (χ3v) is 7.28. The lowest BCUT2D eigenvalue weighted by Gasteiger charge is -2.37. The zero-order chi connectivity index (χ0) is 17.4. The first-order valence-corrected chi connectivity index (χ1v) is 10.7. The van der Waals surface area contributed by atoms with Crippen molar-refractivity contribution in [3.05, 3.63) is 42.0 Å². The van der Waals surface area contributed by atoms with Gasteiger partial charge < -0.3 is 5.11 Å². The molecule has 2 heterocycles. The zero-order valence-corrected chi connectivity index (χ0v) is 15.1. The van der Waals surface area contributed by atoms with Crippen LogP contribution in [0.4, 0.5) is 0 Å². The van der Waals surface area contributed by atoms with E-state index in [0.29, 0.717) is 17.3 Å². The van der Waals surface area contributed by atoms with Crippen molar-refractivity contribution < 1.29 is 13.5 Å². The standard InChI is InChI=1S/C19H24N2O3S/c22-19-6-5-15-3-1-2-4-17(15)18(19)13-20-8-10-21(11-9-20)16-7-12-25(23,24)14-16/h1-6,16,22H,7-14H2. The highest BCUT2D eigenvalue weighted by molar-refractivity contribution is 7.91. The maximum absolute atomic E-state index is 11.7. The number of rotatable bonds is 3. The Labute approximate surface area is 148 Å². The molecule has 0 aromatic heterocycles. The molecule has 1 unspecified atom stereocenters. The third-order valence-electron chi connectivity index (χ3n) is 5.53. The van der Waals surface area contributed by atoms with Gasteiger partial charge in [0.05, 0.1) is 11.5 Å². The second kappa shape index (κ2) is 6.59. The van der Waals surface area contributed by atoms with Crippen LogP contribution in [-0.2, 0) is 16.4 Å². The highest BCUT2D eigenvalue weighted by atomic mass is 32.2. The Morgan fingerprint density at radius 3 is 2.52 bits per heavy atom. The molecule has 2 aromatic rings. The third kappa shape index (κ3) is 3.52. The highest BCUT2D eigenvalue weighted by Gasteiger charge is 2.33. The van der Waals surface area contributed by atoms with Gasteiger partial charge in [-0.25, -0.2) is 8.42 Å². The first-order valence-electron chi connectivity index (χ1n) is 8.88. The molecule has 2 aliphatic heterocycles. The van der Waals surface area contributed by atoms with Crippen LogP contribution in [0.25, 0.3) is 10.8 Å². The summed E-state index contributed by atoms with van der Waals surface area (Å²) in [7, 11) is -2.83. The Bertz CT molecular complexity index is 873. The molecule has 1 N–H and O–H groups in total. The quantitative estimate of drug-likeness (QED) is 0.905. The summed E-state index contributed by atoms with van der Waals surface area (Å²) in [5, 5.41) is 12.6. The predicted molar refractivity (Wildman–Crippen MR) is 99.5 cm³/mol. The van der Waals surface area contributed by atoms with E-state index in [1.54, 1.807) is 6.07 Å². The number of phenolic OH excluding ortho intramolecular Hbond substituents is 1. The predicted octanol–water partition coefficient (Wildman–Crippen LogP) is 1.85. The van der Waals surface area contributed by atoms with Crippen LogP contribution in [0.1, 0.15) is 12.0 Å². The van der Waals surface area contributed by atoms with Crippen LogP contribution in [0.15, 0.2) is 36.4 Å². The number of piperazine rings is 1. The number of hydrogen-bond acceptors (Lipinski definition) is 5. The van der Waals surface area contributed by atoms with Gasteiger partial charge in [0.2, 0.25) is 0 Å². The summed E-state index contributed by atoms with van der Waals surface area (Å²) in [5.74, 6) is 1.00. The van der Waals surface area contributed by atoms with Gasteiger partial charge >= 0.3 is 0 Å². The van der Waals surface area contributed by atoms with Gasteiger partial charge in [-0.05, 0) is 23.3 Å². The number of sulfone groups is 1. The van der Waals surface area contributed by atoms with E-state index in [4.69, 9.17) is 0 Å². The Morgan fingerprint density at radius 1 is 1.04 bits per heavy atom. The highest BCUT2D eigenvalue weighted by Crippen LogP contribution is 2.29. The van der Waals surface area contributed by atoms with Gasteiger partial charge in [-0.1, -0.05) is 30.3 Å². The Balaban J connectivity index is 1.43.